The number of ether oxygens (including phenoxy) is 2. The molecule has 2 heterocycles. The lowest BCUT2D eigenvalue weighted by atomic mass is 9.79. The normalized spacial score (nSPS) is 18.1. The summed E-state index contributed by atoms with van der Waals surface area (Å²) >= 11 is 0. The van der Waals surface area contributed by atoms with Crippen LogP contribution in [0.1, 0.15) is 73.7 Å². The van der Waals surface area contributed by atoms with Crippen LogP contribution in [-0.4, -0.2) is 35.9 Å². The Labute approximate surface area is 248 Å². The van der Waals surface area contributed by atoms with Crippen LogP contribution in [-0.2, 0) is 9.53 Å². The molecule has 4 aromatic rings. The second-order valence-corrected chi connectivity index (χ2v) is 11.4. The number of fused-ring (bicyclic) bond motifs is 1. The van der Waals surface area contributed by atoms with Crippen LogP contribution in [0.25, 0.3) is 33.3 Å². The second-order valence-electron chi connectivity index (χ2n) is 11.4. The third kappa shape index (κ3) is 6.03. The summed E-state index contributed by atoms with van der Waals surface area (Å²) in [5.41, 5.74) is 5.84. The quantitative estimate of drug-likeness (QED) is 0.125. The van der Waals surface area contributed by atoms with Crippen molar-refractivity contribution in [1.29, 1.82) is 0 Å². The summed E-state index contributed by atoms with van der Waals surface area (Å²) in [7, 11) is 3.06. The van der Waals surface area contributed by atoms with Gasteiger partial charge in [-0.2, -0.15) is 0 Å². The van der Waals surface area contributed by atoms with E-state index in [2.05, 4.69) is 17.6 Å². The molecule has 0 saturated heterocycles. The minimum Gasteiger partial charge on any atom is -0.496 e. The molecule has 3 atom stereocenters. The molecule has 5 rings (SSSR count). The molecule has 1 saturated carbocycles. The van der Waals surface area contributed by atoms with Crippen molar-refractivity contribution in [3.8, 4) is 28.0 Å². The Morgan fingerprint density at radius 2 is 1.83 bits per heavy atom. The molecule has 6 heteroatoms. The van der Waals surface area contributed by atoms with Crippen molar-refractivity contribution in [2.75, 3.05) is 14.2 Å². The fourth-order valence-corrected chi connectivity index (χ4v) is 6.38. The van der Waals surface area contributed by atoms with Gasteiger partial charge in [-0.3, -0.25) is 9.59 Å². The highest BCUT2D eigenvalue weighted by molar-refractivity contribution is 6.02. The average Bonchev–Trinajstić information content (AvgIpc) is 3.44. The van der Waals surface area contributed by atoms with Crippen LogP contribution < -0.4 is 4.74 Å². The van der Waals surface area contributed by atoms with Gasteiger partial charge in [0.15, 0.2) is 5.78 Å². The topological polar surface area (TPSA) is 81.3 Å². The molecule has 1 aliphatic carbocycles. The standard InChI is InChI=1S/C36H40N2O4/c1-5-10-24-11-6-7-12-25(16-15-24)34(39)30-19-26(17-18-28(30)23(2)36(40)42-4)27-20-31-32(22-38-35(31)37-21-27)29-13-8-9-14-33(29)41-3/h5,8-9,13-14,17-25H,1,6-7,10-12,15-16H2,2-4H3,(H,37,38)/t23?,24?,25-/m0/s1. The van der Waals surface area contributed by atoms with Crippen molar-refractivity contribution < 1.29 is 19.1 Å². The first-order valence-electron chi connectivity index (χ1n) is 14.9. The lowest BCUT2D eigenvalue weighted by Crippen LogP contribution is -2.22. The van der Waals surface area contributed by atoms with Gasteiger partial charge in [-0.25, -0.2) is 4.98 Å². The monoisotopic (exact) mass is 564 g/mol. The maximum absolute atomic E-state index is 14.2. The molecule has 1 N–H and O–H groups in total. The van der Waals surface area contributed by atoms with Crippen LogP contribution in [0.5, 0.6) is 5.75 Å². The number of aromatic nitrogens is 2. The van der Waals surface area contributed by atoms with Crippen LogP contribution in [0.4, 0.5) is 0 Å². The van der Waals surface area contributed by atoms with E-state index in [0.717, 1.165) is 77.6 Å². The maximum Gasteiger partial charge on any atom is 0.312 e. The van der Waals surface area contributed by atoms with Gasteiger partial charge in [0.05, 0.1) is 20.1 Å². The number of allylic oxidation sites excluding steroid dienone is 1. The number of ketones is 1. The first-order chi connectivity index (χ1) is 20.4. The number of methoxy groups -OCH3 is 2. The predicted molar refractivity (Wildman–Crippen MR) is 168 cm³/mol. The number of esters is 1. The average molecular weight is 565 g/mol. The summed E-state index contributed by atoms with van der Waals surface area (Å²) in [5.74, 6) is 0.512. The van der Waals surface area contributed by atoms with E-state index in [9.17, 15) is 9.59 Å². The SMILES string of the molecule is C=CCC1CCCC[C@H](C(=O)c2cc(-c3cnc4[nH]cc(-c5ccccc5OC)c4c3)ccc2C(C)C(=O)OC)CC1. The van der Waals surface area contributed by atoms with Gasteiger partial charge < -0.3 is 14.5 Å². The first-order valence-corrected chi connectivity index (χ1v) is 14.9. The van der Waals surface area contributed by atoms with Crippen molar-refractivity contribution >= 4 is 22.8 Å². The lowest BCUT2D eigenvalue weighted by molar-refractivity contribution is -0.142. The Kier molecular flexibility index (Phi) is 9.21. The predicted octanol–water partition coefficient (Wildman–Crippen LogP) is 8.53. The first kappa shape index (κ1) is 29.3. The lowest BCUT2D eigenvalue weighted by Gasteiger charge is -2.25. The van der Waals surface area contributed by atoms with Crippen molar-refractivity contribution in [3.63, 3.8) is 0 Å². The van der Waals surface area contributed by atoms with Gasteiger partial charge in [0.1, 0.15) is 11.4 Å². The number of hydrogen-bond acceptors (Lipinski definition) is 5. The number of H-pyrrole nitrogens is 1. The molecule has 2 aromatic carbocycles. The van der Waals surface area contributed by atoms with Gasteiger partial charge in [0, 0.05) is 46.0 Å². The van der Waals surface area contributed by atoms with Crippen LogP contribution in [0.15, 0.2) is 73.6 Å². The Morgan fingerprint density at radius 1 is 1.02 bits per heavy atom. The van der Waals surface area contributed by atoms with E-state index in [-0.39, 0.29) is 17.7 Å². The summed E-state index contributed by atoms with van der Waals surface area (Å²) in [6, 6.07) is 15.9. The molecule has 0 aliphatic heterocycles. The minimum absolute atomic E-state index is 0.0705. The summed E-state index contributed by atoms with van der Waals surface area (Å²) < 4.78 is 10.7. The number of carbonyl (C=O) groups is 2. The largest absolute Gasteiger partial charge is 0.496 e. The van der Waals surface area contributed by atoms with Crippen molar-refractivity contribution in [2.24, 2.45) is 11.8 Å². The van der Waals surface area contributed by atoms with Crippen molar-refractivity contribution in [2.45, 2.75) is 57.8 Å². The molecule has 0 radical (unpaired) electrons. The Bertz CT molecular complexity index is 1590. The zero-order valence-electron chi connectivity index (χ0n) is 24.8. The molecule has 1 aliphatic rings. The minimum atomic E-state index is -0.549. The Morgan fingerprint density at radius 3 is 2.62 bits per heavy atom. The van der Waals surface area contributed by atoms with Gasteiger partial charge >= 0.3 is 5.97 Å². The molecule has 0 spiro atoms. The number of nitrogens with zero attached hydrogens (tertiary/aromatic N) is 1. The van der Waals surface area contributed by atoms with Gasteiger partial charge in [0.25, 0.3) is 0 Å². The number of rotatable bonds is 9. The molecule has 42 heavy (non-hydrogen) atoms. The molecule has 1 fully saturated rings. The van der Waals surface area contributed by atoms with E-state index in [1.54, 1.807) is 7.11 Å². The van der Waals surface area contributed by atoms with Crippen molar-refractivity contribution in [3.05, 3.63) is 84.7 Å². The zero-order chi connectivity index (χ0) is 29.6. The zero-order valence-corrected chi connectivity index (χ0v) is 24.8. The van der Waals surface area contributed by atoms with Crippen molar-refractivity contribution in [1.82, 2.24) is 9.97 Å². The Hall–Kier alpha value is -4.19. The highest BCUT2D eigenvalue weighted by Crippen LogP contribution is 2.38. The molecule has 0 bridgehead atoms. The van der Waals surface area contributed by atoms with Crippen LogP contribution >= 0.6 is 0 Å². The summed E-state index contributed by atoms with van der Waals surface area (Å²) in [6.45, 7) is 5.74. The highest BCUT2D eigenvalue weighted by Gasteiger charge is 2.29. The summed E-state index contributed by atoms with van der Waals surface area (Å²) in [4.78, 5) is 34.8. The number of benzene rings is 2. The molecule has 2 aromatic heterocycles. The molecular formula is C36H40N2O4. The third-order valence-corrected chi connectivity index (χ3v) is 8.81. The number of para-hydroxylation sites is 1. The molecule has 0 amide bonds. The molecule has 6 nitrogen and oxygen atoms in total. The van der Waals surface area contributed by atoms with E-state index in [1.807, 2.05) is 67.9 Å². The number of aromatic amines is 1. The van der Waals surface area contributed by atoms with Gasteiger partial charge in [0.2, 0.25) is 0 Å². The van der Waals surface area contributed by atoms with Gasteiger partial charge in [-0.15, -0.1) is 6.58 Å². The Balaban J connectivity index is 1.55. The fraction of sp³-hybridized carbons (Fsp3) is 0.361. The summed E-state index contributed by atoms with van der Waals surface area (Å²) in [5, 5.41) is 0.963. The second kappa shape index (κ2) is 13.2. The third-order valence-electron chi connectivity index (χ3n) is 8.81. The van der Waals surface area contributed by atoms with Gasteiger partial charge in [-0.05, 0) is 67.9 Å². The number of carbonyl (C=O) groups excluding carboxylic acids is 2. The maximum atomic E-state index is 14.2. The van der Waals surface area contributed by atoms with E-state index >= 15 is 0 Å². The van der Waals surface area contributed by atoms with Gasteiger partial charge in [-0.1, -0.05) is 55.7 Å². The fourth-order valence-electron chi connectivity index (χ4n) is 6.38. The number of hydrogen-bond donors (Lipinski definition) is 1. The van der Waals surface area contributed by atoms with Crippen LogP contribution in [0, 0.1) is 11.8 Å². The number of nitrogens with one attached hydrogen (secondary N) is 1. The van der Waals surface area contributed by atoms with Crippen LogP contribution in [0.3, 0.4) is 0 Å². The molecular weight excluding hydrogens is 524 g/mol. The van der Waals surface area contributed by atoms with E-state index in [4.69, 9.17) is 14.5 Å². The highest BCUT2D eigenvalue weighted by atomic mass is 16.5. The van der Waals surface area contributed by atoms with E-state index < -0.39 is 5.92 Å². The molecule has 2 unspecified atom stereocenters. The number of Topliss-reactive ketones (excluding diaryl/α,β-unsaturated/α-hetero) is 1. The number of pyridine rings is 1. The van der Waals surface area contributed by atoms with Crippen LogP contribution in [0.2, 0.25) is 0 Å². The van der Waals surface area contributed by atoms with E-state index in [0.29, 0.717) is 17.0 Å². The smallest absolute Gasteiger partial charge is 0.312 e. The van der Waals surface area contributed by atoms with E-state index in [1.165, 1.54) is 13.5 Å². The summed E-state index contributed by atoms with van der Waals surface area (Å²) in [6.07, 6.45) is 12.9. The molecule has 218 valence electrons.